The maximum absolute atomic E-state index is 6.16. The van der Waals surface area contributed by atoms with Gasteiger partial charge in [-0.25, -0.2) is 0 Å². The highest BCUT2D eigenvalue weighted by molar-refractivity contribution is 4.91. The van der Waals surface area contributed by atoms with E-state index in [4.69, 9.17) is 9.26 Å². The second-order valence-electron chi connectivity index (χ2n) is 7.40. The fourth-order valence-electron chi connectivity index (χ4n) is 3.88. The Morgan fingerprint density at radius 1 is 1.21 bits per heavy atom. The third-order valence-electron chi connectivity index (χ3n) is 5.63. The van der Waals surface area contributed by atoms with Gasteiger partial charge in [-0.05, 0) is 32.6 Å². The molecule has 0 unspecified atom stereocenters. The highest BCUT2D eigenvalue weighted by Crippen LogP contribution is 2.26. The first-order valence-corrected chi connectivity index (χ1v) is 9.51. The Bertz CT molecular complexity index is 499. The first kappa shape index (κ1) is 17.8. The van der Waals surface area contributed by atoms with Gasteiger partial charge >= 0.3 is 0 Å². The quantitative estimate of drug-likeness (QED) is 0.796. The molecule has 0 radical (unpaired) electrons. The van der Waals surface area contributed by atoms with Crippen LogP contribution in [-0.4, -0.2) is 65.4 Å². The zero-order valence-electron chi connectivity index (χ0n) is 15.4. The normalized spacial score (nSPS) is 28.1. The average molecular weight is 336 g/mol. The predicted octanol–water partition coefficient (Wildman–Crippen LogP) is 2.65. The van der Waals surface area contributed by atoms with E-state index in [1.165, 1.54) is 25.7 Å². The molecule has 1 aromatic rings. The summed E-state index contributed by atoms with van der Waals surface area (Å²) in [4.78, 5) is 9.29. The van der Waals surface area contributed by atoms with E-state index in [-0.39, 0.29) is 6.04 Å². The maximum Gasteiger partial charge on any atom is 0.243 e. The van der Waals surface area contributed by atoms with E-state index in [0.717, 1.165) is 51.1 Å². The van der Waals surface area contributed by atoms with Gasteiger partial charge in [0.05, 0.1) is 18.8 Å². The Morgan fingerprint density at radius 3 is 2.62 bits per heavy atom. The molecular weight excluding hydrogens is 304 g/mol. The van der Waals surface area contributed by atoms with Crippen LogP contribution < -0.4 is 0 Å². The fraction of sp³-hybridized carbons (Fsp3) is 0.889. The van der Waals surface area contributed by atoms with Crippen molar-refractivity contribution in [1.29, 1.82) is 0 Å². The van der Waals surface area contributed by atoms with Gasteiger partial charge in [0.2, 0.25) is 5.89 Å². The van der Waals surface area contributed by atoms with E-state index in [2.05, 4.69) is 33.8 Å². The van der Waals surface area contributed by atoms with Gasteiger partial charge in [0, 0.05) is 32.7 Å². The molecule has 0 N–H and O–H groups in total. The van der Waals surface area contributed by atoms with Crippen LogP contribution in [0.25, 0.3) is 0 Å². The van der Waals surface area contributed by atoms with Crippen LogP contribution >= 0.6 is 0 Å². The third-order valence-corrected chi connectivity index (χ3v) is 5.63. The minimum Gasteiger partial charge on any atom is -0.377 e. The number of nitrogens with zero attached hydrogens (tertiary/aromatic N) is 4. The van der Waals surface area contributed by atoms with E-state index in [1.807, 2.05) is 6.92 Å². The summed E-state index contributed by atoms with van der Waals surface area (Å²) in [7, 11) is 0. The van der Waals surface area contributed by atoms with Gasteiger partial charge in [-0.3, -0.25) is 9.80 Å². The van der Waals surface area contributed by atoms with Gasteiger partial charge in [0.1, 0.15) is 0 Å². The van der Waals surface area contributed by atoms with Crippen LogP contribution in [0, 0.1) is 12.8 Å². The summed E-state index contributed by atoms with van der Waals surface area (Å²) in [5.41, 5.74) is 0. The van der Waals surface area contributed by atoms with Crippen molar-refractivity contribution in [2.75, 3.05) is 39.3 Å². The molecule has 2 heterocycles. The zero-order chi connectivity index (χ0) is 16.9. The SMILES string of the molecule is Cc1noc([C@H](C)N2CCN(CCO[C@@H]3CCCC[C@@H]3C)CC2)n1. The molecule has 24 heavy (non-hydrogen) atoms. The number of rotatable bonds is 6. The largest absolute Gasteiger partial charge is 0.377 e. The van der Waals surface area contributed by atoms with Crippen LogP contribution in [-0.2, 0) is 4.74 Å². The lowest BCUT2D eigenvalue weighted by Crippen LogP contribution is -2.48. The molecule has 0 amide bonds. The molecule has 1 aliphatic heterocycles. The molecular formula is C18H32N4O2. The summed E-state index contributed by atoms with van der Waals surface area (Å²) in [6, 6.07) is 0.202. The Hall–Kier alpha value is -0.980. The average Bonchev–Trinajstić information content (AvgIpc) is 3.03. The summed E-state index contributed by atoms with van der Waals surface area (Å²) in [5.74, 6) is 2.18. The monoisotopic (exact) mass is 336 g/mol. The van der Waals surface area contributed by atoms with E-state index < -0.39 is 0 Å². The zero-order valence-corrected chi connectivity index (χ0v) is 15.4. The van der Waals surface area contributed by atoms with Crippen molar-refractivity contribution in [2.45, 2.75) is 58.6 Å². The summed E-state index contributed by atoms with van der Waals surface area (Å²) >= 11 is 0. The topological polar surface area (TPSA) is 54.6 Å². The minimum absolute atomic E-state index is 0.202. The molecule has 0 spiro atoms. The molecule has 1 saturated heterocycles. The molecule has 136 valence electrons. The van der Waals surface area contributed by atoms with Crippen molar-refractivity contribution in [3.8, 4) is 0 Å². The van der Waals surface area contributed by atoms with Crippen LogP contribution in [0.15, 0.2) is 4.52 Å². The van der Waals surface area contributed by atoms with Gasteiger partial charge in [0.25, 0.3) is 0 Å². The Labute approximate surface area is 145 Å². The minimum atomic E-state index is 0.202. The number of ether oxygens (including phenoxy) is 1. The van der Waals surface area contributed by atoms with Gasteiger partial charge in [-0.15, -0.1) is 0 Å². The molecule has 3 rings (SSSR count). The van der Waals surface area contributed by atoms with E-state index in [9.17, 15) is 0 Å². The number of hydrogen-bond acceptors (Lipinski definition) is 6. The number of piperazine rings is 1. The number of aromatic nitrogens is 2. The molecule has 3 atom stereocenters. The number of aryl methyl sites for hydroxylation is 1. The Kier molecular flexibility index (Phi) is 6.25. The highest BCUT2D eigenvalue weighted by Gasteiger charge is 2.26. The van der Waals surface area contributed by atoms with Crippen molar-refractivity contribution in [3.05, 3.63) is 11.7 Å². The van der Waals surface area contributed by atoms with Crippen LogP contribution in [0.2, 0.25) is 0 Å². The standard InChI is InChI=1S/C18H32N4O2/c1-14-6-4-5-7-17(14)23-13-12-21-8-10-22(11-9-21)15(2)18-19-16(3)20-24-18/h14-15,17H,4-13H2,1-3H3/t14-,15-,17+/m0/s1. The Balaban J connectivity index is 1.36. The molecule has 2 fully saturated rings. The smallest absolute Gasteiger partial charge is 0.243 e. The molecule has 0 aromatic carbocycles. The molecule has 1 saturated carbocycles. The van der Waals surface area contributed by atoms with Gasteiger partial charge in [-0.1, -0.05) is 24.9 Å². The lowest BCUT2D eigenvalue weighted by molar-refractivity contribution is -0.0198. The van der Waals surface area contributed by atoms with Gasteiger partial charge in [0.15, 0.2) is 5.82 Å². The van der Waals surface area contributed by atoms with Crippen LogP contribution in [0.1, 0.15) is 57.3 Å². The molecule has 1 aromatic heterocycles. The number of hydrogen-bond donors (Lipinski definition) is 0. The van der Waals surface area contributed by atoms with E-state index in [0.29, 0.717) is 11.9 Å². The first-order valence-electron chi connectivity index (χ1n) is 9.51. The van der Waals surface area contributed by atoms with Crippen molar-refractivity contribution in [2.24, 2.45) is 5.92 Å². The van der Waals surface area contributed by atoms with E-state index >= 15 is 0 Å². The molecule has 0 bridgehead atoms. The van der Waals surface area contributed by atoms with Crippen molar-refractivity contribution >= 4 is 0 Å². The van der Waals surface area contributed by atoms with Crippen molar-refractivity contribution < 1.29 is 9.26 Å². The van der Waals surface area contributed by atoms with E-state index in [1.54, 1.807) is 0 Å². The molecule has 6 nitrogen and oxygen atoms in total. The lowest BCUT2D eigenvalue weighted by atomic mass is 9.88. The summed E-state index contributed by atoms with van der Waals surface area (Å²) < 4.78 is 11.5. The maximum atomic E-state index is 6.16. The van der Waals surface area contributed by atoms with Crippen LogP contribution in [0.3, 0.4) is 0 Å². The second-order valence-corrected chi connectivity index (χ2v) is 7.40. The van der Waals surface area contributed by atoms with Crippen molar-refractivity contribution in [3.63, 3.8) is 0 Å². The fourth-order valence-corrected chi connectivity index (χ4v) is 3.88. The molecule has 6 heteroatoms. The highest BCUT2D eigenvalue weighted by atomic mass is 16.5. The molecule has 2 aliphatic rings. The predicted molar refractivity (Wildman–Crippen MR) is 92.8 cm³/mol. The van der Waals surface area contributed by atoms with Gasteiger partial charge in [-0.2, -0.15) is 4.98 Å². The van der Waals surface area contributed by atoms with Crippen LogP contribution in [0.5, 0.6) is 0 Å². The summed E-state index contributed by atoms with van der Waals surface area (Å²) in [6.45, 7) is 12.5. The van der Waals surface area contributed by atoms with Crippen LogP contribution in [0.4, 0.5) is 0 Å². The first-order chi connectivity index (χ1) is 11.6. The van der Waals surface area contributed by atoms with Gasteiger partial charge < -0.3 is 9.26 Å². The lowest BCUT2D eigenvalue weighted by Gasteiger charge is -2.37. The van der Waals surface area contributed by atoms with Crippen molar-refractivity contribution in [1.82, 2.24) is 19.9 Å². The summed E-state index contributed by atoms with van der Waals surface area (Å²) in [6.07, 6.45) is 5.77. The Morgan fingerprint density at radius 2 is 1.96 bits per heavy atom. The third kappa shape index (κ3) is 4.55. The summed E-state index contributed by atoms with van der Waals surface area (Å²) in [5, 5.41) is 3.90. The molecule has 1 aliphatic carbocycles. The second kappa shape index (κ2) is 8.41.